The van der Waals surface area contributed by atoms with Crippen molar-refractivity contribution in [3.63, 3.8) is 0 Å². The Morgan fingerprint density at radius 1 is 1.28 bits per heavy atom. The topological polar surface area (TPSA) is 41.1 Å². The van der Waals surface area contributed by atoms with Crippen molar-refractivity contribution in [2.24, 2.45) is 5.92 Å². The lowest BCUT2D eigenvalue weighted by atomic mass is 10.00. The maximum Gasteiger partial charge on any atom is 0.253 e. The molecule has 0 aromatic heterocycles. The number of hydrogen-bond donors (Lipinski definition) is 2. The lowest BCUT2D eigenvalue weighted by Gasteiger charge is -2.18. The molecule has 0 fully saturated rings. The van der Waals surface area contributed by atoms with Crippen molar-refractivity contribution in [3.8, 4) is 0 Å². The number of anilines is 1. The molecule has 0 aliphatic carbocycles. The second kappa shape index (κ2) is 7.04. The van der Waals surface area contributed by atoms with Crippen LogP contribution in [0.2, 0.25) is 0 Å². The average Bonchev–Trinajstić information content (AvgIpc) is 2.38. The summed E-state index contributed by atoms with van der Waals surface area (Å²) in [5, 5.41) is 6.10. The van der Waals surface area contributed by atoms with Crippen LogP contribution in [0.4, 0.5) is 5.69 Å². The highest BCUT2D eigenvalue weighted by Crippen LogP contribution is 2.15. The lowest BCUT2D eigenvalue weighted by molar-refractivity contribution is 0.0936. The van der Waals surface area contributed by atoms with Crippen molar-refractivity contribution >= 4 is 11.6 Å². The molecule has 0 saturated heterocycles. The van der Waals surface area contributed by atoms with Gasteiger partial charge in [-0.05, 0) is 31.4 Å². The number of amides is 1. The third-order valence-electron chi connectivity index (χ3n) is 3.27. The fourth-order valence-electron chi connectivity index (χ4n) is 2.03. The first kappa shape index (κ1) is 14.6. The number of rotatable bonds is 6. The van der Waals surface area contributed by atoms with Crippen LogP contribution < -0.4 is 10.6 Å². The molecule has 1 aromatic carbocycles. The summed E-state index contributed by atoms with van der Waals surface area (Å²) < 4.78 is 0. The highest BCUT2D eigenvalue weighted by molar-refractivity contribution is 5.99. The molecule has 0 bridgehead atoms. The van der Waals surface area contributed by atoms with Gasteiger partial charge in [0.1, 0.15) is 0 Å². The number of carbonyl (C=O) groups excluding carboxylic acids is 1. The molecule has 0 saturated carbocycles. The van der Waals surface area contributed by atoms with Gasteiger partial charge in [-0.25, -0.2) is 0 Å². The number of nitrogens with one attached hydrogen (secondary N) is 2. The molecule has 100 valence electrons. The van der Waals surface area contributed by atoms with Crippen LogP contribution in [0.3, 0.4) is 0 Å². The number of hydrogen-bond acceptors (Lipinski definition) is 2. The molecule has 2 atom stereocenters. The molecule has 2 unspecified atom stereocenters. The molecular formula is C15H24N2O. The molecule has 18 heavy (non-hydrogen) atoms. The van der Waals surface area contributed by atoms with E-state index in [1.165, 1.54) is 0 Å². The summed E-state index contributed by atoms with van der Waals surface area (Å²) in [6, 6.07) is 7.77. The van der Waals surface area contributed by atoms with Gasteiger partial charge in [0.25, 0.3) is 5.91 Å². The van der Waals surface area contributed by atoms with Crippen molar-refractivity contribution in [3.05, 3.63) is 29.8 Å². The Morgan fingerprint density at radius 2 is 1.94 bits per heavy atom. The van der Waals surface area contributed by atoms with E-state index in [4.69, 9.17) is 0 Å². The van der Waals surface area contributed by atoms with Gasteiger partial charge < -0.3 is 10.6 Å². The number of para-hydroxylation sites is 1. The predicted octanol–water partition coefficient (Wildman–Crippen LogP) is 3.28. The Bertz CT molecular complexity index is 390. The summed E-state index contributed by atoms with van der Waals surface area (Å²) in [4.78, 5) is 12.2. The average molecular weight is 248 g/mol. The zero-order valence-corrected chi connectivity index (χ0v) is 11.8. The van der Waals surface area contributed by atoms with Crippen LogP contribution in [0.25, 0.3) is 0 Å². The van der Waals surface area contributed by atoms with Crippen molar-refractivity contribution in [1.29, 1.82) is 0 Å². The summed E-state index contributed by atoms with van der Waals surface area (Å²) in [6.07, 6.45) is 2.16. The standard InChI is InChI=1S/C15H24N2O/c1-5-11(2)10-12(3)17-15(18)13-8-6-7-9-14(13)16-4/h6-9,11-12,16H,5,10H2,1-4H3,(H,17,18). The molecule has 1 aromatic rings. The Balaban J connectivity index is 2.64. The Hall–Kier alpha value is -1.51. The van der Waals surface area contributed by atoms with Crippen molar-refractivity contribution < 1.29 is 4.79 Å². The van der Waals surface area contributed by atoms with E-state index < -0.39 is 0 Å². The zero-order valence-electron chi connectivity index (χ0n) is 11.8. The molecule has 0 spiro atoms. The lowest BCUT2D eigenvalue weighted by Crippen LogP contribution is -2.34. The van der Waals surface area contributed by atoms with Gasteiger partial charge in [-0.3, -0.25) is 4.79 Å². The maximum absolute atomic E-state index is 12.2. The van der Waals surface area contributed by atoms with Gasteiger partial charge in [-0.2, -0.15) is 0 Å². The molecule has 0 aliphatic heterocycles. The van der Waals surface area contributed by atoms with E-state index in [1.54, 1.807) is 0 Å². The van der Waals surface area contributed by atoms with Crippen LogP contribution >= 0.6 is 0 Å². The monoisotopic (exact) mass is 248 g/mol. The van der Waals surface area contributed by atoms with E-state index in [9.17, 15) is 4.79 Å². The zero-order chi connectivity index (χ0) is 13.5. The molecule has 0 heterocycles. The van der Waals surface area contributed by atoms with Crippen molar-refractivity contribution in [1.82, 2.24) is 5.32 Å². The summed E-state index contributed by atoms with van der Waals surface area (Å²) >= 11 is 0. The first-order valence-corrected chi connectivity index (χ1v) is 6.66. The van der Waals surface area contributed by atoms with Gasteiger partial charge in [0, 0.05) is 18.8 Å². The quantitative estimate of drug-likeness (QED) is 0.811. The fraction of sp³-hybridized carbons (Fsp3) is 0.533. The molecule has 1 rings (SSSR count). The minimum absolute atomic E-state index is 0.00393. The first-order chi connectivity index (χ1) is 8.58. The van der Waals surface area contributed by atoms with Crippen molar-refractivity contribution in [2.45, 2.75) is 39.7 Å². The van der Waals surface area contributed by atoms with E-state index in [0.29, 0.717) is 11.5 Å². The Morgan fingerprint density at radius 3 is 2.56 bits per heavy atom. The van der Waals surface area contributed by atoms with Crippen molar-refractivity contribution in [2.75, 3.05) is 12.4 Å². The summed E-state index contributed by atoms with van der Waals surface area (Å²) in [7, 11) is 1.83. The van der Waals surface area contributed by atoms with Gasteiger partial charge in [0.2, 0.25) is 0 Å². The minimum atomic E-state index is -0.00393. The maximum atomic E-state index is 12.2. The predicted molar refractivity (Wildman–Crippen MR) is 77.0 cm³/mol. The van der Waals surface area contributed by atoms with E-state index in [2.05, 4.69) is 31.4 Å². The molecule has 3 nitrogen and oxygen atoms in total. The van der Waals surface area contributed by atoms with Gasteiger partial charge >= 0.3 is 0 Å². The largest absolute Gasteiger partial charge is 0.387 e. The summed E-state index contributed by atoms with van der Waals surface area (Å²) in [6.45, 7) is 6.45. The molecule has 2 N–H and O–H groups in total. The minimum Gasteiger partial charge on any atom is -0.387 e. The molecule has 1 amide bonds. The third kappa shape index (κ3) is 4.06. The smallest absolute Gasteiger partial charge is 0.253 e. The van der Waals surface area contributed by atoms with E-state index >= 15 is 0 Å². The fourth-order valence-corrected chi connectivity index (χ4v) is 2.03. The third-order valence-corrected chi connectivity index (χ3v) is 3.27. The summed E-state index contributed by atoms with van der Waals surface area (Å²) in [5.41, 5.74) is 1.57. The van der Waals surface area contributed by atoms with E-state index in [0.717, 1.165) is 18.5 Å². The molecule has 0 radical (unpaired) electrons. The van der Waals surface area contributed by atoms with E-state index in [1.807, 2.05) is 31.3 Å². The highest BCUT2D eigenvalue weighted by atomic mass is 16.1. The van der Waals surface area contributed by atoms with Crippen LogP contribution in [0.5, 0.6) is 0 Å². The van der Waals surface area contributed by atoms with Gasteiger partial charge in [0.05, 0.1) is 5.56 Å². The van der Waals surface area contributed by atoms with Crippen LogP contribution in [-0.4, -0.2) is 19.0 Å². The molecular weight excluding hydrogens is 224 g/mol. The second-order valence-electron chi connectivity index (χ2n) is 4.92. The normalized spacial score (nSPS) is 13.8. The number of carbonyl (C=O) groups is 1. The SMILES string of the molecule is CCC(C)CC(C)NC(=O)c1ccccc1NC. The van der Waals surface area contributed by atoms with Gasteiger partial charge in [-0.1, -0.05) is 32.4 Å². The van der Waals surface area contributed by atoms with Crippen LogP contribution in [0.15, 0.2) is 24.3 Å². The summed E-state index contributed by atoms with van der Waals surface area (Å²) in [5.74, 6) is 0.635. The highest BCUT2D eigenvalue weighted by Gasteiger charge is 2.14. The first-order valence-electron chi connectivity index (χ1n) is 6.66. The van der Waals surface area contributed by atoms with Crippen LogP contribution in [0, 0.1) is 5.92 Å². The van der Waals surface area contributed by atoms with Gasteiger partial charge in [0.15, 0.2) is 0 Å². The van der Waals surface area contributed by atoms with Crippen LogP contribution in [0.1, 0.15) is 44.0 Å². The molecule has 0 aliphatic rings. The molecule has 3 heteroatoms. The Labute approximate surface area is 110 Å². The van der Waals surface area contributed by atoms with E-state index in [-0.39, 0.29) is 11.9 Å². The van der Waals surface area contributed by atoms with Crippen LogP contribution in [-0.2, 0) is 0 Å². The Kier molecular flexibility index (Phi) is 5.69. The number of benzene rings is 1. The second-order valence-corrected chi connectivity index (χ2v) is 4.92. The van der Waals surface area contributed by atoms with Gasteiger partial charge in [-0.15, -0.1) is 0 Å².